The molecule has 1 N–H and O–H groups in total. The van der Waals surface area contributed by atoms with E-state index in [4.69, 9.17) is 0 Å². The fourth-order valence-corrected chi connectivity index (χ4v) is 4.74. The number of hydrogen-bond acceptors (Lipinski definition) is 6. The van der Waals surface area contributed by atoms with Gasteiger partial charge in [-0.1, -0.05) is 47.7 Å². The van der Waals surface area contributed by atoms with E-state index in [1.807, 2.05) is 67.8 Å². The van der Waals surface area contributed by atoms with Crippen LogP contribution in [0.15, 0.2) is 58.9 Å². The van der Waals surface area contributed by atoms with Crippen molar-refractivity contribution in [1.82, 2.24) is 15.0 Å². The third kappa shape index (κ3) is 4.99. The Bertz CT molecular complexity index is 1160. The zero-order valence-electron chi connectivity index (χ0n) is 16.2. The van der Waals surface area contributed by atoms with Crippen LogP contribution in [-0.2, 0) is 17.0 Å². The van der Waals surface area contributed by atoms with Crippen LogP contribution in [0.4, 0.5) is 5.69 Å². The Morgan fingerprint density at radius 1 is 1.03 bits per heavy atom. The molecule has 4 rings (SSSR count). The Hall–Kier alpha value is -2.77. The fourth-order valence-electron chi connectivity index (χ4n) is 2.89. The Morgan fingerprint density at radius 3 is 2.66 bits per heavy atom. The van der Waals surface area contributed by atoms with Gasteiger partial charge in [-0.3, -0.25) is 4.79 Å². The summed E-state index contributed by atoms with van der Waals surface area (Å²) >= 11 is 3.16. The highest BCUT2D eigenvalue weighted by Crippen LogP contribution is 2.28. The van der Waals surface area contributed by atoms with E-state index < -0.39 is 0 Å². The fraction of sp³-hybridized carbons (Fsp3) is 0.182. The van der Waals surface area contributed by atoms with Gasteiger partial charge in [0.05, 0.1) is 17.6 Å². The summed E-state index contributed by atoms with van der Waals surface area (Å²) in [4.78, 5) is 26.0. The third-order valence-electron chi connectivity index (χ3n) is 4.28. The van der Waals surface area contributed by atoms with Gasteiger partial charge in [0.15, 0.2) is 0 Å². The second-order valence-corrected chi connectivity index (χ2v) is 8.61. The van der Waals surface area contributed by atoms with E-state index in [9.17, 15) is 4.79 Å². The molecule has 2 aromatic heterocycles. The summed E-state index contributed by atoms with van der Waals surface area (Å²) in [5, 5.41) is 7.75. The topological polar surface area (TPSA) is 67.8 Å². The number of carbonyl (C=O) groups excluding carboxylic acids is 1. The van der Waals surface area contributed by atoms with E-state index in [1.54, 1.807) is 11.8 Å². The number of thioether (sulfide) groups is 1. The number of para-hydroxylation sites is 1. The van der Waals surface area contributed by atoms with Crippen molar-refractivity contribution in [1.29, 1.82) is 0 Å². The molecule has 0 fully saturated rings. The normalized spacial score (nSPS) is 11.0. The van der Waals surface area contributed by atoms with Gasteiger partial charge in [0, 0.05) is 22.2 Å². The first-order valence-corrected chi connectivity index (χ1v) is 11.1. The van der Waals surface area contributed by atoms with E-state index in [-0.39, 0.29) is 12.3 Å². The first-order valence-electron chi connectivity index (χ1n) is 9.23. The summed E-state index contributed by atoms with van der Waals surface area (Å²) in [5.41, 5.74) is 3.88. The minimum Gasteiger partial charge on any atom is -0.326 e. The molecule has 0 aliphatic heterocycles. The highest BCUT2D eigenvalue weighted by atomic mass is 32.2. The predicted molar refractivity (Wildman–Crippen MR) is 119 cm³/mol. The molecule has 0 saturated heterocycles. The maximum atomic E-state index is 12.3. The minimum atomic E-state index is -0.0557. The van der Waals surface area contributed by atoms with Crippen molar-refractivity contribution in [3.05, 3.63) is 76.0 Å². The molecule has 0 spiro atoms. The van der Waals surface area contributed by atoms with Gasteiger partial charge in [0.25, 0.3) is 0 Å². The average Bonchev–Trinajstić information content (AvgIpc) is 3.15. The molecule has 7 heteroatoms. The van der Waals surface area contributed by atoms with Crippen LogP contribution in [0.25, 0.3) is 10.9 Å². The van der Waals surface area contributed by atoms with Crippen LogP contribution in [0.3, 0.4) is 0 Å². The number of aryl methyl sites for hydroxylation is 2. The van der Waals surface area contributed by atoms with Gasteiger partial charge in [0.2, 0.25) is 5.91 Å². The van der Waals surface area contributed by atoms with Gasteiger partial charge in [-0.25, -0.2) is 15.0 Å². The monoisotopic (exact) mass is 420 g/mol. The molecule has 1 amide bonds. The number of thiazole rings is 1. The van der Waals surface area contributed by atoms with Crippen molar-refractivity contribution in [2.24, 2.45) is 0 Å². The highest BCUT2D eigenvalue weighted by Gasteiger charge is 2.11. The molecule has 29 heavy (non-hydrogen) atoms. The van der Waals surface area contributed by atoms with Gasteiger partial charge >= 0.3 is 0 Å². The van der Waals surface area contributed by atoms with Gasteiger partial charge < -0.3 is 5.32 Å². The SMILES string of the molecule is Cc1ccc(NC(=O)Cc2nc(CSc3nc(C)nc4ccccc34)cs2)cc1. The van der Waals surface area contributed by atoms with Crippen molar-refractivity contribution in [2.75, 3.05) is 5.32 Å². The minimum absolute atomic E-state index is 0.0557. The summed E-state index contributed by atoms with van der Waals surface area (Å²) in [6.45, 7) is 3.93. The van der Waals surface area contributed by atoms with Gasteiger partial charge in [-0.05, 0) is 32.0 Å². The number of nitrogens with one attached hydrogen (secondary N) is 1. The highest BCUT2D eigenvalue weighted by molar-refractivity contribution is 7.98. The Balaban J connectivity index is 1.38. The van der Waals surface area contributed by atoms with Crippen LogP contribution in [-0.4, -0.2) is 20.9 Å². The van der Waals surface area contributed by atoms with E-state index in [0.717, 1.165) is 43.7 Å². The molecule has 0 saturated carbocycles. The Morgan fingerprint density at radius 2 is 1.83 bits per heavy atom. The molecule has 0 aliphatic carbocycles. The maximum absolute atomic E-state index is 12.3. The molecular formula is C22H20N4OS2. The van der Waals surface area contributed by atoms with E-state index in [2.05, 4.69) is 20.3 Å². The number of amides is 1. The number of rotatable bonds is 6. The Kier molecular flexibility index (Phi) is 5.87. The average molecular weight is 421 g/mol. The third-order valence-corrected chi connectivity index (χ3v) is 6.21. The van der Waals surface area contributed by atoms with Gasteiger partial charge in [-0.15, -0.1) is 11.3 Å². The second-order valence-electron chi connectivity index (χ2n) is 6.71. The molecule has 0 radical (unpaired) electrons. The summed E-state index contributed by atoms with van der Waals surface area (Å²) in [6, 6.07) is 15.8. The summed E-state index contributed by atoms with van der Waals surface area (Å²) < 4.78 is 0. The number of hydrogen-bond donors (Lipinski definition) is 1. The standard InChI is InChI=1S/C22H20N4OS2/c1-14-7-9-16(10-8-14)25-20(27)11-21-26-17(12-28-21)13-29-22-18-5-3-4-6-19(18)23-15(2)24-22/h3-10,12H,11,13H2,1-2H3,(H,25,27). The number of benzene rings is 2. The molecule has 2 aromatic carbocycles. The van der Waals surface area contributed by atoms with Crippen LogP contribution in [0, 0.1) is 13.8 Å². The lowest BCUT2D eigenvalue weighted by Gasteiger charge is -2.05. The molecule has 0 unspecified atom stereocenters. The van der Waals surface area contributed by atoms with Crippen molar-refractivity contribution in [3.8, 4) is 0 Å². The quantitative estimate of drug-likeness (QED) is 0.344. The summed E-state index contributed by atoms with van der Waals surface area (Å²) in [5.74, 6) is 1.41. The van der Waals surface area contributed by atoms with Gasteiger partial charge in [-0.2, -0.15) is 0 Å². The molecule has 2 heterocycles. The van der Waals surface area contributed by atoms with E-state index >= 15 is 0 Å². The van der Waals surface area contributed by atoms with Crippen LogP contribution in [0.2, 0.25) is 0 Å². The first-order chi connectivity index (χ1) is 14.1. The number of anilines is 1. The molecular weight excluding hydrogens is 400 g/mol. The number of nitrogens with zero attached hydrogens (tertiary/aromatic N) is 3. The molecule has 5 nitrogen and oxygen atoms in total. The van der Waals surface area contributed by atoms with Crippen LogP contribution < -0.4 is 5.32 Å². The van der Waals surface area contributed by atoms with E-state index in [0.29, 0.717) is 5.75 Å². The number of aromatic nitrogens is 3. The Labute approximate surface area is 177 Å². The second kappa shape index (κ2) is 8.71. The van der Waals surface area contributed by atoms with Crippen LogP contribution >= 0.6 is 23.1 Å². The first kappa shape index (κ1) is 19.5. The lowest BCUT2D eigenvalue weighted by molar-refractivity contribution is -0.115. The summed E-state index contributed by atoms with van der Waals surface area (Å²) in [6.07, 6.45) is 0.277. The van der Waals surface area contributed by atoms with Gasteiger partial charge in [0.1, 0.15) is 15.9 Å². The predicted octanol–water partition coefficient (Wildman–Crippen LogP) is 5.18. The summed E-state index contributed by atoms with van der Waals surface area (Å²) in [7, 11) is 0. The molecule has 146 valence electrons. The lowest BCUT2D eigenvalue weighted by Crippen LogP contribution is -2.14. The molecule has 0 atom stereocenters. The zero-order chi connectivity index (χ0) is 20.2. The lowest BCUT2D eigenvalue weighted by atomic mass is 10.2. The number of fused-ring (bicyclic) bond motifs is 1. The smallest absolute Gasteiger partial charge is 0.231 e. The van der Waals surface area contributed by atoms with Crippen molar-refractivity contribution >= 4 is 45.6 Å². The molecule has 4 aromatic rings. The van der Waals surface area contributed by atoms with Crippen molar-refractivity contribution in [2.45, 2.75) is 31.0 Å². The van der Waals surface area contributed by atoms with Crippen LogP contribution in [0.5, 0.6) is 0 Å². The van der Waals surface area contributed by atoms with Crippen molar-refractivity contribution in [3.63, 3.8) is 0 Å². The number of carbonyl (C=O) groups is 1. The maximum Gasteiger partial charge on any atom is 0.231 e. The van der Waals surface area contributed by atoms with E-state index in [1.165, 1.54) is 11.3 Å². The largest absolute Gasteiger partial charge is 0.326 e. The molecule has 0 aliphatic rings. The zero-order valence-corrected chi connectivity index (χ0v) is 17.8. The molecule has 0 bridgehead atoms. The van der Waals surface area contributed by atoms with Crippen LogP contribution in [0.1, 0.15) is 22.1 Å². The van der Waals surface area contributed by atoms with Crippen molar-refractivity contribution < 1.29 is 4.79 Å².